The maximum absolute atomic E-state index is 10.8. The molecule has 0 aliphatic heterocycles. The van der Waals surface area contributed by atoms with Gasteiger partial charge in [-0.05, 0) is 26.7 Å². The number of carbonyl (C=O) groups is 1. The van der Waals surface area contributed by atoms with E-state index in [2.05, 4.69) is 6.92 Å². The molecular weight excluding hydrogens is 150 g/mol. The summed E-state index contributed by atoms with van der Waals surface area (Å²) in [6, 6.07) is 0. The molecule has 0 aromatic rings. The number of allylic oxidation sites excluding steroid dienone is 3. The molecule has 0 bridgehead atoms. The fourth-order valence-electron chi connectivity index (χ4n) is 0.789. The van der Waals surface area contributed by atoms with E-state index in [1.165, 1.54) is 5.57 Å². The summed E-state index contributed by atoms with van der Waals surface area (Å²) in [7, 11) is 0. The second-order valence-corrected chi connectivity index (χ2v) is 2.79. The largest absolute Gasteiger partial charge is 0.366 e. The Bertz CT molecular complexity index is 214. The minimum absolute atomic E-state index is 0.322. The maximum atomic E-state index is 10.8. The van der Waals surface area contributed by atoms with Crippen molar-refractivity contribution in [1.29, 1.82) is 0 Å². The van der Waals surface area contributed by atoms with Gasteiger partial charge in [0, 0.05) is 5.57 Å². The number of carbonyl (C=O) groups excluding carboxylic acids is 1. The maximum Gasteiger partial charge on any atom is 0.244 e. The monoisotopic (exact) mass is 167 g/mol. The first-order valence-electron chi connectivity index (χ1n) is 4.22. The van der Waals surface area contributed by atoms with Gasteiger partial charge in [-0.3, -0.25) is 4.79 Å². The molecule has 0 aliphatic carbocycles. The molecule has 0 fully saturated rings. The average molecular weight is 167 g/mol. The number of hydrogen-bond acceptors (Lipinski definition) is 1. The van der Waals surface area contributed by atoms with E-state index in [-0.39, 0.29) is 5.91 Å². The Morgan fingerprint density at radius 2 is 2.08 bits per heavy atom. The smallest absolute Gasteiger partial charge is 0.244 e. The highest BCUT2D eigenvalue weighted by atomic mass is 16.1. The van der Waals surface area contributed by atoms with E-state index in [0.29, 0.717) is 12.0 Å². The second-order valence-electron chi connectivity index (χ2n) is 2.79. The molecule has 0 unspecified atom stereocenters. The van der Waals surface area contributed by atoms with Gasteiger partial charge in [0.15, 0.2) is 0 Å². The third-order valence-corrected chi connectivity index (χ3v) is 1.89. The Kier molecular flexibility index (Phi) is 5.09. The molecule has 0 aromatic carbocycles. The molecule has 0 saturated heterocycles. The molecule has 0 saturated carbocycles. The van der Waals surface area contributed by atoms with Crippen LogP contribution in [0.5, 0.6) is 0 Å². The Hall–Kier alpha value is -1.05. The highest BCUT2D eigenvalue weighted by Gasteiger charge is 1.99. The minimum Gasteiger partial charge on any atom is -0.366 e. The second kappa shape index (κ2) is 5.58. The first-order valence-corrected chi connectivity index (χ1v) is 4.22. The summed E-state index contributed by atoms with van der Waals surface area (Å²) >= 11 is 0. The van der Waals surface area contributed by atoms with E-state index in [1.54, 1.807) is 6.08 Å². The fraction of sp³-hybridized carbons (Fsp3) is 0.500. The predicted octanol–water partition coefficient (Wildman–Crippen LogP) is 2.16. The number of rotatable bonds is 4. The SMILES string of the molecule is C/C=C(\C/C=C(/C)CC)C(N)=O. The zero-order valence-corrected chi connectivity index (χ0v) is 8.05. The molecule has 0 heterocycles. The summed E-state index contributed by atoms with van der Waals surface area (Å²) in [4.78, 5) is 10.8. The van der Waals surface area contributed by atoms with E-state index in [0.717, 1.165) is 6.42 Å². The number of nitrogens with two attached hydrogens (primary N) is 1. The molecule has 0 atom stereocenters. The predicted molar refractivity (Wildman–Crippen MR) is 51.6 cm³/mol. The fourth-order valence-corrected chi connectivity index (χ4v) is 0.789. The van der Waals surface area contributed by atoms with Crippen LogP contribution >= 0.6 is 0 Å². The molecule has 1 amide bonds. The highest BCUT2D eigenvalue weighted by molar-refractivity contribution is 5.92. The average Bonchev–Trinajstić information content (AvgIpc) is 2.04. The lowest BCUT2D eigenvalue weighted by atomic mass is 10.1. The van der Waals surface area contributed by atoms with Crippen LogP contribution in [0.2, 0.25) is 0 Å². The minimum atomic E-state index is -0.322. The van der Waals surface area contributed by atoms with E-state index in [9.17, 15) is 4.79 Å². The Morgan fingerprint density at radius 1 is 1.50 bits per heavy atom. The molecule has 0 aliphatic rings. The first kappa shape index (κ1) is 11.0. The Labute approximate surface area is 74.1 Å². The van der Waals surface area contributed by atoms with Crippen LogP contribution in [0.1, 0.15) is 33.6 Å². The van der Waals surface area contributed by atoms with Crippen molar-refractivity contribution in [3.05, 3.63) is 23.3 Å². The van der Waals surface area contributed by atoms with Crippen LogP contribution in [-0.2, 0) is 4.79 Å². The highest BCUT2D eigenvalue weighted by Crippen LogP contribution is 2.06. The molecule has 0 spiro atoms. The van der Waals surface area contributed by atoms with Crippen LogP contribution < -0.4 is 5.73 Å². The van der Waals surface area contributed by atoms with Gasteiger partial charge in [-0.1, -0.05) is 24.6 Å². The van der Waals surface area contributed by atoms with Crippen molar-refractivity contribution >= 4 is 5.91 Å². The summed E-state index contributed by atoms with van der Waals surface area (Å²) in [6.07, 6.45) is 5.49. The van der Waals surface area contributed by atoms with E-state index >= 15 is 0 Å². The Balaban J connectivity index is 4.16. The molecular formula is C10H17NO. The van der Waals surface area contributed by atoms with Gasteiger partial charge in [-0.2, -0.15) is 0 Å². The van der Waals surface area contributed by atoms with Gasteiger partial charge < -0.3 is 5.73 Å². The lowest BCUT2D eigenvalue weighted by Gasteiger charge is -1.98. The lowest BCUT2D eigenvalue weighted by molar-refractivity contribution is -0.114. The van der Waals surface area contributed by atoms with Crippen LogP contribution in [0.15, 0.2) is 23.3 Å². The van der Waals surface area contributed by atoms with Crippen LogP contribution in [0.4, 0.5) is 0 Å². The third kappa shape index (κ3) is 3.96. The number of amides is 1. The van der Waals surface area contributed by atoms with Gasteiger partial charge in [0.2, 0.25) is 5.91 Å². The molecule has 2 nitrogen and oxygen atoms in total. The molecule has 2 N–H and O–H groups in total. The summed E-state index contributed by atoms with van der Waals surface area (Å²) in [5.74, 6) is -0.322. The zero-order valence-electron chi connectivity index (χ0n) is 8.05. The summed E-state index contributed by atoms with van der Waals surface area (Å²) < 4.78 is 0. The van der Waals surface area contributed by atoms with Gasteiger partial charge in [0.25, 0.3) is 0 Å². The van der Waals surface area contributed by atoms with Gasteiger partial charge in [0.05, 0.1) is 0 Å². The Morgan fingerprint density at radius 3 is 2.42 bits per heavy atom. The lowest BCUT2D eigenvalue weighted by Crippen LogP contribution is -2.13. The van der Waals surface area contributed by atoms with Crippen molar-refractivity contribution in [3.63, 3.8) is 0 Å². The normalized spacial score (nSPS) is 13.2. The molecule has 2 heteroatoms. The van der Waals surface area contributed by atoms with Gasteiger partial charge in [0.1, 0.15) is 0 Å². The van der Waals surface area contributed by atoms with Crippen molar-refractivity contribution < 1.29 is 4.79 Å². The van der Waals surface area contributed by atoms with Crippen molar-refractivity contribution in [2.24, 2.45) is 5.73 Å². The quantitative estimate of drug-likeness (QED) is 0.506. The molecule has 68 valence electrons. The van der Waals surface area contributed by atoms with Crippen LogP contribution in [0.3, 0.4) is 0 Å². The van der Waals surface area contributed by atoms with Crippen LogP contribution in [0.25, 0.3) is 0 Å². The van der Waals surface area contributed by atoms with Gasteiger partial charge >= 0.3 is 0 Å². The first-order chi connectivity index (χ1) is 5.61. The van der Waals surface area contributed by atoms with Crippen molar-refractivity contribution in [2.45, 2.75) is 33.6 Å². The van der Waals surface area contributed by atoms with Crippen molar-refractivity contribution in [1.82, 2.24) is 0 Å². The topological polar surface area (TPSA) is 43.1 Å². The van der Waals surface area contributed by atoms with Crippen LogP contribution in [0, 0.1) is 0 Å². The van der Waals surface area contributed by atoms with Crippen molar-refractivity contribution in [3.8, 4) is 0 Å². The molecule has 0 radical (unpaired) electrons. The van der Waals surface area contributed by atoms with Crippen molar-refractivity contribution in [2.75, 3.05) is 0 Å². The van der Waals surface area contributed by atoms with Gasteiger partial charge in [-0.25, -0.2) is 0 Å². The zero-order chi connectivity index (χ0) is 9.56. The number of hydrogen-bond donors (Lipinski definition) is 1. The van der Waals surface area contributed by atoms with E-state index in [1.807, 2.05) is 19.9 Å². The van der Waals surface area contributed by atoms with Gasteiger partial charge in [-0.15, -0.1) is 0 Å². The van der Waals surface area contributed by atoms with E-state index in [4.69, 9.17) is 5.73 Å². The molecule has 0 rings (SSSR count). The summed E-state index contributed by atoms with van der Waals surface area (Å²) in [5.41, 5.74) is 7.11. The summed E-state index contributed by atoms with van der Waals surface area (Å²) in [5, 5.41) is 0. The summed E-state index contributed by atoms with van der Waals surface area (Å²) in [6.45, 7) is 5.97. The molecule has 12 heavy (non-hydrogen) atoms. The standard InChI is InChI=1S/C10H17NO/c1-4-8(3)6-7-9(5-2)10(11)12/h5-6H,4,7H2,1-3H3,(H2,11,12)/b8-6-,9-5+. The third-order valence-electron chi connectivity index (χ3n) is 1.89. The van der Waals surface area contributed by atoms with Crippen LogP contribution in [-0.4, -0.2) is 5.91 Å². The molecule has 0 aromatic heterocycles. The number of primary amides is 1. The van der Waals surface area contributed by atoms with E-state index < -0.39 is 0 Å².